The molecule has 0 aliphatic carbocycles. The minimum absolute atomic E-state index is 0.0684. The van der Waals surface area contributed by atoms with Gasteiger partial charge in [0.05, 0.1) is 0 Å². The summed E-state index contributed by atoms with van der Waals surface area (Å²) in [6.45, 7) is 7.56. The summed E-state index contributed by atoms with van der Waals surface area (Å²) in [4.78, 5) is 23.8. The van der Waals surface area contributed by atoms with Crippen LogP contribution in [0.2, 0.25) is 0 Å². The fourth-order valence-electron chi connectivity index (χ4n) is 1.72. The molecule has 0 radical (unpaired) electrons. The molecule has 0 heterocycles. The van der Waals surface area contributed by atoms with Gasteiger partial charge in [-0.3, -0.25) is 9.59 Å². The molecule has 0 bridgehead atoms. The van der Waals surface area contributed by atoms with Crippen molar-refractivity contribution in [2.45, 2.75) is 33.7 Å². The Kier molecular flexibility index (Phi) is 6.40. The first-order valence-corrected chi connectivity index (χ1v) is 6.96. The summed E-state index contributed by atoms with van der Waals surface area (Å²) in [6.07, 6.45) is 6.71. The van der Waals surface area contributed by atoms with Crippen LogP contribution in [-0.2, 0) is 4.79 Å². The van der Waals surface area contributed by atoms with E-state index < -0.39 is 0 Å². The Morgan fingerprint density at radius 2 is 1.90 bits per heavy atom. The zero-order chi connectivity index (χ0) is 15.8. The summed E-state index contributed by atoms with van der Waals surface area (Å²) in [7, 11) is 0. The van der Waals surface area contributed by atoms with Crippen LogP contribution in [0.1, 0.15) is 36.7 Å². The third-order valence-corrected chi connectivity index (χ3v) is 2.72. The van der Waals surface area contributed by atoms with Gasteiger partial charge in [-0.05, 0) is 45.4 Å². The van der Waals surface area contributed by atoms with Gasteiger partial charge in [-0.1, -0.05) is 24.3 Å². The topological polar surface area (TPSA) is 58.2 Å². The molecule has 21 heavy (non-hydrogen) atoms. The SMILES string of the molecule is CC=CC=CC(=O)Nc1ccc(C)c(C(=O)NC(C)C)c1. The third-order valence-electron chi connectivity index (χ3n) is 2.72. The second-order valence-electron chi connectivity index (χ2n) is 5.03. The fourth-order valence-corrected chi connectivity index (χ4v) is 1.72. The fraction of sp³-hybridized carbons (Fsp3) is 0.294. The monoisotopic (exact) mass is 286 g/mol. The van der Waals surface area contributed by atoms with Gasteiger partial charge in [-0.15, -0.1) is 0 Å². The van der Waals surface area contributed by atoms with Crippen molar-refractivity contribution in [1.29, 1.82) is 0 Å². The van der Waals surface area contributed by atoms with Gasteiger partial charge < -0.3 is 10.6 Å². The lowest BCUT2D eigenvalue weighted by atomic mass is 10.1. The number of nitrogens with one attached hydrogen (secondary N) is 2. The summed E-state index contributed by atoms with van der Waals surface area (Å²) in [5.41, 5.74) is 2.04. The first-order chi connectivity index (χ1) is 9.93. The Labute approximate surface area is 125 Å². The van der Waals surface area contributed by atoms with Gasteiger partial charge in [-0.25, -0.2) is 0 Å². The van der Waals surface area contributed by atoms with Crippen LogP contribution in [0.15, 0.2) is 42.5 Å². The average Bonchev–Trinajstić information content (AvgIpc) is 2.40. The van der Waals surface area contributed by atoms with Crippen LogP contribution in [0.25, 0.3) is 0 Å². The molecule has 0 fully saturated rings. The molecule has 0 aromatic heterocycles. The highest BCUT2D eigenvalue weighted by molar-refractivity contribution is 6.01. The van der Waals surface area contributed by atoms with E-state index in [1.807, 2.05) is 39.8 Å². The molecule has 0 saturated heterocycles. The number of anilines is 1. The number of hydrogen-bond donors (Lipinski definition) is 2. The summed E-state index contributed by atoms with van der Waals surface area (Å²) in [5.74, 6) is -0.366. The first kappa shape index (κ1) is 16.7. The number of benzene rings is 1. The molecule has 4 nitrogen and oxygen atoms in total. The molecular weight excluding hydrogens is 264 g/mol. The summed E-state index contributed by atoms with van der Waals surface area (Å²) in [6, 6.07) is 5.36. The number of aryl methyl sites for hydroxylation is 1. The molecule has 0 unspecified atom stereocenters. The van der Waals surface area contributed by atoms with Gasteiger partial charge in [0.15, 0.2) is 0 Å². The van der Waals surface area contributed by atoms with Crippen molar-refractivity contribution in [1.82, 2.24) is 5.32 Å². The van der Waals surface area contributed by atoms with E-state index in [2.05, 4.69) is 10.6 Å². The maximum atomic E-state index is 12.1. The van der Waals surface area contributed by atoms with E-state index in [1.54, 1.807) is 24.3 Å². The van der Waals surface area contributed by atoms with E-state index in [9.17, 15) is 9.59 Å². The average molecular weight is 286 g/mol. The number of carbonyl (C=O) groups excluding carboxylic acids is 2. The summed E-state index contributed by atoms with van der Waals surface area (Å²) in [5, 5.41) is 5.58. The minimum Gasteiger partial charge on any atom is -0.350 e. The maximum Gasteiger partial charge on any atom is 0.251 e. The highest BCUT2D eigenvalue weighted by atomic mass is 16.2. The molecule has 2 amide bonds. The first-order valence-electron chi connectivity index (χ1n) is 6.96. The summed E-state index contributed by atoms with van der Waals surface area (Å²) >= 11 is 0. The van der Waals surface area contributed by atoms with E-state index in [4.69, 9.17) is 0 Å². The molecule has 0 spiro atoms. The van der Waals surface area contributed by atoms with Crippen LogP contribution < -0.4 is 10.6 Å². The van der Waals surface area contributed by atoms with Crippen molar-refractivity contribution < 1.29 is 9.59 Å². The zero-order valence-electron chi connectivity index (χ0n) is 12.9. The van der Waals surface area contributed by atoms with Crippen LogP contribution in [-0.4, -0.2) is 17.9 Å². The molecule has 4 heteroatoms. The highest BCUT2D eigenvalue weighted by Gasteiger charge is 2.11. The van der Waals surface area contributed by atoms with E-state index in [1.165, 1.54) is 6.08 Å². The highest BCUT2D eigenvalue weighted by Crippen LogP contribution is 2.15. The van der Waals surface area contributed by atoms with E-state index >= 15 is 0 Å². The molecule has 1 aromatic rings. The Morgan fingerprint density at radius 1 is 1.19 bits per heavy atom. The van der Waals surface area contributed by atoms with Crippen LogP contribution in [0.5, 0.6) is 0 Å². The maximum absolute atomic E-state index is 12.1. The molecule has 0 aliphatic rings. The predicted molar refractivity (Wildman–Crippen MR) is 86.4 cm³/mol. The lowest BCUT2D eigenvalue weighted by Crippen LogP contribution is -2.30. The standard InChI is InChI=1S/C17H22N2O2/c1-5-6-7-8-16(20)19-14-10-9-13(4)15(11-14)17(21)18-12(2)3/h5-12H,1-4H3,(H,18,21)(H,19,20). The van der Waals surface area contributed by atoms with Crippen LogP contribution >= 0.6 is 0 Å². The molecule has 1 aromatic carbocycles. The van der Waals surface area contributed by atoms with E-state index in [-0.39, 0.29) is 17.9 Å². The van der Waals surface area contributed by atoms with Crippen molar-refractivity contribution in [3.8, 4) is 0 Å². The van der Waals surface area contributed by atoms with Gasteiger partial charge in [0.25, 0.3) is 5.91 Å². The Bertz CT molecular complexity index is 572. The van der Waals surface area contributed by atoms with Gasteiger partial charge in [-0.2, -0.15) is 0 Å². The van der Waals surface area contributed by atoms with E-state index in [0.29, 0.717) is 11.3 Å². The van der Waals surface area contributed by atoms with Crippen molar-refractivity contribution in [2.75, 3.05) is 5.32 Å². The predicted octanol–water partition coefficient (Wildman–Crippen LogP) is 3.20. The molecule has 0 saturated carbocycles. The van der Waals surface area contributed by atoms with Crippen LogP contribution in [0.3, 0.4) is 0 Å². The number of hydrogen-bond acceptors (Lipinski definition) is 2. The molecule has 0 atom stereocenters. The van der Waals surface area contributed by atoms with Gasteiger partial charge >= 0.3 is 0 Å². The molecular formula is C17H22N2O2. The Morgan fingerprint density at radius 3 is 2.52 bits per heavy atom. The molecule has 112 valence electrons. The second kappa shape index (κ2) is 8.04. The Balaban J connectivity index is 2.86. The van der Waals surface area contributed by atoms with Crippen molar-refractivity contribution >= 4 is 17.5 Å². The lowest BCUT2D eigenvalue weighted by Gasteiger charge is -2.12. The second-order valence-corrected chi connectivity index (χ2v) is 5.03. The number of amides is 2. The van der Waals surface area contributed by atoms with Crippen LogP contribution in [0.4, 0.5) is 5.69 Å². The number of allylic oxidation sites excluding steroid dienone is 3. The van der Waals surface area contributed by atoms with Gasteiger partial charge in [0.2, 0.25) is 5.91 Å². The van der Waals surface area contributed by atoms with Crippen molar-refractivity contribution in [3.05, 3.63) is 53.6 Å². The number of carbonyl (C=O) groups is 2. The van der Waals surface area contributed by atoms with Crippen molar-refractivity contribution in [2.24, 2.45) is 0 Å². The van der Waals surface area contributed by atoms with E-state index in [0.717, 1.165) is 5.56 Å². The summed E-state index contributed by atoms with van der Waals surface area (Å²) < 4.78 is 0. The molecule has 0 aliphatic heterocycles. The minimum atomic E-state index is -0.229. The van der Waals surface area contributed by atoms with Gasteiger partial charge in [0, 0.05) is 23.4 Å². The largest absolute Gasteiger partial charge is 0.350 e. The smallest absolute Gasteiger partial charge is 0.251 e. The number of rotatable bonds is 5. The normalized spacial score (nSPS) is 11.3. The van der Waals surface area contributed by atoms with Crippen LogP contribution in [0, 0.1) is 6.92 Å². The lowest BCUT2D eigenvalue weighted by molar-refractivity contribution is -0.111. The molecule has 1 rings (SSSR count). The quantitative estimate of drug-likeness (QED) is 0.645. The third kappa shape index (κ3) is 5.65. The van der Waals surface area contributed by atoms with Crippen molar-refractivity contribution in [3.63, 3.8) is 0 Å². The zero-order valence-corrected chi connectivity index (χ0v) is 12.9. The van der Waals surface area contributed by atoms with Gasteiger partial charge in [0.1, 0.15) is 0 Å². The Hall–Kier alpha value is -2.36. The molecule has 2 N–H and O–H groups in total.